The molecule has 26 heavy (non-hydrogen) atoms. The van der Waals surface area contributed by atoms with Gasteiger partial charge in [-0.2, -0.15) is 0 Å². The van der Waals surface area contributed by atoms with Gasteiger partial charge in [0.15, 0.2) is 0 Å². The second-order valence-corrected chi connectivity index (χ2v) is 6.46. The molecule has 1 aromatic heterocycles. The number of carbonyl (C=O) groups excluding carboxylic acids is 1. The third-order valence-electron chi connectivity index (χ3n) is 4.49. The predicted molar refractivity (Wildman–Crippen MR) is 99.1 cm³/mol. The monoisotopic (exact) mass is 351 g/mol. The number of imidazole rings is 1. The number of hydrogen-bond acceptors (Lipinski definition) is 2. The van der Waals surface area contributed by atoms with Gasteiger partial charge in [0.2, 0.25) is 5.91 Å². The van der Waals surface area contributed by atoms with Crippen molar-refractivity contribution in [3.05, 3.63) is 89.8 Å². The summed E-state index contributed by atoms with van der Waals surface area (Å²) in [4.78, 5) is 17.0. The van der Waals surface area contributed by atoms with E-state index < -0.39 is 6.04 Å². The van der Waals surface area contributed by atoms with E-state index in [-0.39, 0.29) is 17.6 Å². The van der Waals surface area contributed by atoms with Gasteiger partial charge in [-0.1, -0.05) is 49.4 Å². The van der Waals surface area contributed by atoms with Crippen LogP contribution >= 0.6 is 0 Å². The van der Waals surface area contributed by atoms with Crippen molar-refractivity contribution in [2.24, 2.45) is 7.05 Å². The van der Waals surface area contributed by atoms with Crippen LogP contribution in [0.15, 0.2) is 67.0 Å². The van der Waals surface area contributed by atoms with Crippen molar-refractivity contribution in [3.8, 4) is 0 Å². The van der Waals surface area contributed by atoms with Crippen LogP contribution in [-0.4, -0.2) is 15.5 Å². The summed E-state index contributed by atoms with van der Waals surface area (Å²) in [5, 5.41) is 3.05. The molecule has 2 atom stereocenters. The number of halogens is 1. The van der Waals surface area contributed by atoms with E-state index in [1.165, 1.54) is 12.1 Å². The maximum absolute atomic E-state index is 13.3. The van der Waals surface area contributed by atoms with Crippen molar-refractivity contribution >= 4 is 5.91 Å². The van der Waals surface area contributed by atoms with Gasteiger partial charge < -0.3 is 9.88 Å². The van der Waals surface area contributed by atoms with Gasteiger partial charge in [0.05, 0.1) is 0 Å². The maximum atomic E-state index is 13.3. The molecule has 0 spiro atoms. The number of nitrogens with one attached hydrogen (secondary N) is 1. The molecule has 1 N–H and O–H groups in total. The van der Waals surface area contributed by atoms with Crippen molar-refractivity contribution < 1.29 is 9.18 Å². The minimum Gasteiger partial charge on any atom is -0.342 e. The maximum Gasteiger partial charge on any atom is 0.221 e. The largest absolute Gasteiger partial charge is 0.342 e. The number of nitrogens with zero attached hydrogens (tertiary/aromatic N) is 2. The van der Waals surface area contributed by atoms with Gasteiger partial charge in [0.1, 0.15) is 17.7 Å². The lowest BCUT2D eigenvalue weighted by Crippen LogP contribution is -2.31. The quantitative estimate of drug-likeness (QED) is 0.731. The highest BCUT2D eigenvalue weighted by molar-refractivity contribution is 5.77. The Morgan fingerprint density at radius 1 is 1.12 bits per heavy atom. The van der Waals surface area contributed by atoms with Gasteiger partial charge in [-0.15, -0.1) is 0 Å². The van der Waals surface area contributed by atoms with Crippen molar-refractivity contribution in [1.82, 2.24) is 14.9 Å². The summed E-state index contributed by atoms with van der Waals surface area (Å²) in [7, 11) is 1.87. The molecule has 2 aromatic carbocycles. The Balaban J connectivity index is 1.78. The molecule has 1 amide bonds. The van der Waals surface area contributed by atoms with Gasteiger partial charge >= 0.3 is 0 Å². The van der Waals surface area contributed by atoms with Crippen molar-refractivity contribution in [3.63, 3.8) is 0 Å². The smallest absolute Gasteiger partial charge is 0.221 e. The second kappa shape index (κ2) is 7.95. The van der Waals surface area contributed by atoms with Gasteiger partial charge in [-0.25, -0.2) is 9.37 Å². The zero-order valence-electron chi connectivity index (χ0n) is 14.9. The van der Waals surface area contributed by atoms with Crippen LogP contribution in [0, 0.1) is 5.82 Å². The third-order valence-corrected chi connectivity index (χ3v) is 4.49. The van der Waals surface area contributed by atoms with E-state index >= 15 is 0 Å². The Labute approximate surface area is 152 Å². The highest BCUT2D eigenvalue weighted by Gasteiger charge is 2.22. The average molecular weight is 351 g/mol. The highest BCUT2D eigenvalue weighted by Crippen LogP contribution is 2.23. The first kappa shape index (κ1) is 17.9. The summed E-state index contributed by atoms with van der Waals surface area (Å²) in [5.74, 6) is 0.429. The Bertz CT molecular complexity index is 858. The topological polar surface area (TPSA) is 46.9 Å². The Morgan fingerprint density at radius 3 is 2.42 bits per heavy atom. The van der Waals surface area contributed by atoms with E-state index in [1.807, 2.05) is 55.1 Å². The van der Waals surface area contributed by atoms with E-state index in [1.54, 1.807) is 18.3 Å². The van der Waals surface area contributed by atoms with Crippen LogP contribution in [0.25, 0.3) is 0 Å². The molecule has 134 valence electrons. The molecule has 0 aliphatic rings. The average Bonchev–Trinajstić information content (AvgIpc) is 3.07. The Morgan fingerprint density at radius 2 is 1.81 bits per heavy atom. The van der Waals surface area contributed by atoms with Gasteiger partial charge in [0, 0.05) is 25.9 Å². The first-order chi connectivity index (χ1) is 12.5. The molecule has 3 aromatic rings. The van der Waals surface area contributed by atoms with Crippen LogP contribution in [0.5, 0.6) is 0 Å². The van der Waals surface area contributed by atoms with Crippen LogP contribution in [0.1, 0.15) is 42.3 Å². The van der Waals surface area contributed by atoms with Gasteiger partial charge in [-0.05, 0) is 29.2 Å². The third kappa shape index (κ3) is 4.17. The summed E-state index contributed by atoms with van der Waals surface area (Å²) in [6, 6.07) is 15.7. The van der Waals surface area contributed by atoms with E-state index in [0.29, 0.717) is 12.2 Å². The number of rotatable bonds is 6. The van der Waals surface area contributed by atoms with E-state index in [9.17, 15) is 9.18 Å². The second-order valence-electron chi connectivity index (χ2n) is 6.46. The Hall–Kier alpha value is -2.95. The summed E-state index contributed by atoms with van der Waals surface area (Å²) >= 11 is 0. The van der Waals surface area contributed by atoms with E-state index in [2.05, 4.69) is 10.3 Å². The predicted octanol–water partition coefficient (Wildman–Crippen LogP) is 3.96. The molecule has 0 bridgehead atoms. The van der Waals surface area contributed by atoms with Crippen molar-refractivity contribution in [1.29, 1.82) is 0 Å². The molecule has 4 nitrogen and oxygen atoms in total. The highest BCUT2D eigenvalue weighted by atomic mass is 19.1. The molecule has 3 rings (SSSR count). The molecule has 0 saturated carbocycles. The molecule has 0 radical (unpaired) electrons. The molecule has 0 unspecified atom stereocenters. The van der Waals surface area contributed by atoms with E-state index in [0.717, 1.165) is 11.1 Å². The summed E-state index contributed by atoms with van der Waals surface area (Å²) < 4.78 is 15.1. The summed E-state index contributed by atoms with van der Waals surface area (Å²) in [6.07, 6.45) is 3.88. The zero-order chi connectivity index (χ0) is 18.5. The SMILES string of the molecule is C[C@H](CC(=O)N[C@H](c1ccc(F)cc1)c1nccn1C)c1ccccc1. The number of carbonyl (C=O) groups is 1. The first-order valence-corrected chi connectivity index (χ1v) is 8.61. The fraction of sp³-hybridized carbons (Fsp3) is 0.238. The number of benzene rings is 2. The van der Waals surface area contributed by atoms with Gasteiger partial charge in [-0.3, -0.25) is 4.79 Å². The number of aromatic nitrogens is 2. The fourth-order valence-electron chi connectivity index (χ4n) is 3.00. The normalized spacial score (nSPS) is 13.2. The fourth-order valence-corrected chi connectivity index (χ4v) is 3.00. The van der Waals surface area contributed by atoms with Crippen LogP contribution in [0.4, 0.5) is 4.39 Å². The van der Waals surface area contributed by atoms with Crippen LogP contribution in [0.3, 0.4) is 0 Å². The van der Waals surface area contributed by atoms with Crippen molar-refractivity contribution in [2.75, 3.05) is 0 Å². The lowest BCUT2D eigenvalue weighted by atomic mass is 9.97. The number of amides is 1. The summed E-state index contributed by atoms with van der Waals surface area (Å²) in [5.41, 5.74) is 1.92. The van der Waals surface area contributed by atoms with Crippen LogP contribution < -0.4 is 5.32 Å². The standard InChI is InChI=1S/C21H22FN3O/c1-15(16-6-4-3-5-7-16)14-19(26)24-20(21-23-12-13-25(21)2)17-8-10-18(22)11-9-17/h3-13,15,20H,14H2,1-2H3,(H,24,26)/t15-,20-/m1/s1. The lowest BCUT2D eigenvalue weighted by molar-refractivity contribution is -0.122. The number of hydrogen-bond donors (Lipinski definition) is 1. The molecule has 0 fully saturated rings. The lowest BCUT2D eigenvalue weighted by Gasteiger charge is -2.20. The molecule has 1 heterocycles. The van der Waals surface area contributed by atoms with Crippen molar-refractivity contribution in [2.45, 2.75) is 25.3 Å². The summed E-state index contributed by atoms with van der Waals surface area (Å²) in [6.45, 7) is 2.03. The number of aryl methyl sites for hydroxylation is 1. The zero-order valence-corrected chi connectivity index (χ0v) is 14.9. The molecule has 0 saturated heterocycles. The molecular weight excluding hydrogens is 329 g/mol. The Kier molecular flexibility index (Phi) is 5.46. The first-order valence-electron chi connectivity index (χ1n) is 8.61. The molecular formula is C21H22FN3O. The molecule has 5 heteroatoms. The molecule has 0 aliphatic heterocycles. The molecule has 0 aliphatic carbocycles. The minimum atomic E-state index is -0.425. The minimum absolute atomic E-state index is 0.0707. The van der Waals surface area contributed by atoms with E-state index in [4.69, 9.17) is 0 Å². The van der Waals surface area contributed by atoms with Crippen LogP contribution in [-0.2, 0) is 11.8 Å². The van der Waals surface area contributed by atoms with Gasteiger partial charge in [0.25, 0.3) is 0 Å². The van der Waals surface area contributed by atoms with Crippen LogP contribution in [0.2, 0.25) is 0 Å².